The standard InChI is InChI=1S/C22H21N5O/c1-14-11-21(28)26(19-6-4-3-5-17(14)19)13-20-24-22(16-7-8-16)25-27(20)18-9-10-23-12-15(18)2/h3-6,9-12,16H,7-8,13H2,1-2H3. The van der Waals surface area contributed by atoms with Crippen molar-refractivity contribution in [1.82, 2.24) is 24.3 Å². The number of benzene rings is 1. The van der Waals surface area contributed by atoms with Crippen molar-refractivity contribution in [2.24, 2.45) is 0 Å². The predicted molar refractivity (Wildman–Crippen MR) is 108 cm³/mol. The SMILES string of the molecule is Cc1cnccc1-n1nc(C2CC2)nc1Cn1c(=O)cc(C)c2ccccc21. The molecule has 0 atom stereocenters. The maximum atomic E-state index is 12.8. The van der Waals surface area contributed by atoms with Crippen LogP contribution in [0.2, 0.25) is 0 Å². The van der Waals surface area contributed by atoms with Gasteiger partial charge >= 0.3 is 0 Å². The fraction of sp³-hybridized carbons (Fsp3) is 0.273. The molecule has 0 N–H and O–H groups in total. The summed E-state index contributed by atoms with van der Waals surface area (Å²) in [6, 6.07) is 11.6. The van der Waals surface area contributed by atoms with Gasteiger partial charge in [-0.2, -0.15) is 5.10 Å². The van der Waals surface area contributed by atoms with Gasteiger partial charge in [-0.25, -0.2) is 9.67 Å². The lowest BCUT2D eigenvalue weighted by molar-refractivity contribution is 0.698. The third kappa shape index (κ3) is 2.81. The largest absolute Gasteiger partial charge is 0.301 e. The molecule has 0 aliphatic heterocycles. The van der Waals surface area contributed by atoms with Crippen molar-refractivity contribution in [2.75, 3.05) is 0 Å². The van der Waals surface area contributed by atoms with Crippen molar-refractivity contribution in [3.63, 3.8) is 0 Å². The average molecular weight is 371 g/mol. The van der Waals surface area contributed by atoms with Crippen LogP contribution in [0.4, 0.5) is 0 Å². The molecule has 0 radical (unpaired) electrons. The number of hydrogen-bond donors (Lipinski definition) is 0. The van der Waals surface area contributed by atoms with Gasteiger partial charge in [-0.05, 0) is 49.9 Å². The van der Waals surface area contributed by atoms with E-state index in [2.05, 4.69) is 4.98 Å². The first-order valence-electron chi connectivity index (χ1n) is 9.58. The minimum atomic E-state index is -0.0230. The normalized spacial score (nSPS) is 13.9. The summed E-state index contributed by atoms with van der Waals surface area (Å²) in [5, 5.41) is 5.87. The monoisotopic (exact) mass is 371 g/mol. The average Bonchev–Trinajstić information content (AvgIpc) is 3.46. The molecule has 0 unspecified atom stereocenters. The molecule has 0 spiro atoms. The highest BCUT2D eigenvalue weighted by Crippen LogP contribution is 2.38. The topological polar surface area (TPSA) is 65.6 Å². The zero-order chi connectivity index (χ0) is 19.3. The van der Waals surface area contributed by atoms with E-state index in [0.717, 1.165) is 52.2 Å². The first-order chi connectivity index (χ1) is 13.6. The van der Waals surface area contributed by atoms with E-state index in [1.165, 1.54) is 0 Å². The second-order valence-electron chi connectivity index (χ2n) is 7.50. The zero-order valence-corrected chi connectivity index (χ0v) is 16.0. The molecule has 4 aromatic rings. The third-order valence-electron chi connectivity index (χ3n) is 5.38. The zero-order valence-electron chi connectivity index (χ0n) is 16.0. The Kier molecular flexibility index (Phi) is 3.86. The van der Waals surface area contributed by atoms with Gasteiger partial charge in [0.15, 0.2) is 11.6 Å². The van der Waals surface area contributed by atoms with E-state index < -0.39 is 0 Å². The summed E-state index contributed by atoms with van der Waals surface area (Å²) in [6.07, 6.45) is 5.85. The number of para-hydroxylation sites is 1. The molecule has 0 amide bonds. The van der Waals surface area contributed by atoms with Gasteiger partial charge in [-0.1, -0.05) is 18.2 Å². The molecule has 1 aliphatic rings. The molecule has 3 aromatic heterocycles. The summed E-state index contributed by atoms with van der Waals surface area (Å²) in [7, 11) is 0. The summed E-state index contributed by atoms with van der Waals surface area (Å²) in [5.74, 6) is 2.08. The summed E-state index contributed by atoms with van der Waals surface area (Å²) < 4.78 is 3.67. The van der Waals surface area contributed by atoms with Crippen LogP contribution < -0.4 is 5.56 Å². The quantitative estimate of drug-likeness (QED) is 0.551. The van der Waals surface area contributed by atoms with Crippen LogP contribution in [-0.4, -0.2) is 24.3 Å². The number of nitrogens with zero attached hydrogens (tertiary/aromatic N) is 5. The van der Waals surface area contributed by atoms with Crippen molar-refractivity contribution < 1.29 is 0 Å². The molecule has 0 bridgehead atoms. The van der Waals surface area contributed by atoms with Crippen LogP contribution in [0.25, 0.3) is 16.6 Å². The number of fused-ring (bicyclic) bond motifs is 1. The van der Waals surface area contributed by atoms with Crippen LogP contribution >= 0.6 is 0 Å². The van der Waals surface area contributed by atoms with Crippen molar-refractivity contribution in [2.45, 2.75) is 39.2 Å². The highest BCUT2D eigenvalue weighted by Gasteiger charge is 2.29. The Hall–Kier alpha value is -3.28. The molecule has 28 heavy (non-hydrogen) atoms. The fourth-order valence-electron chi connectivity index (χ4n) is 3.68. The van der Waals surface area contributed by atoms with Gasteiger partial charge in [0.25, 0.3) is 5.56 Å². The summed E-state index contributed by atoms with van der Waals surface area (Å²) in [4.78, 5) is 21.8. The van der Waals surface area contributed by atoms with Crippen LogP contribution in [0, 0.1) is 13.8 Å². The highest BCUT2D eigenvalue weighted by molar-refractivity contribution is 5.82. The van der Waals surface area contributed by atoms with Gasteiger partial charge in [-0.3, -0.25) is 9.78 Å². The van der Waals surface area contributed by atoms with Gasteiger partial charge in [0.1, 0.15) is 0 Å². The number of rotatable bonds is 4. The van der Waals surface area contributed by atoms with Gasteiger partial charge in [0.2, 0.25) is 0 Å². The summed E-state index contributed by atoms with van der Waals surface area (Å²) >= 11 is 0. The first-order valence-corrected chi connectivity index (χ1v) is 9.58. The van der Waals surface area contributed by atoms with E-state index in [0.29, 0.717) is 12.5 Å². The molecule has 3 heterocycles. The third-order valence-corrected chi connectivity index (χ3v) is 5.38. The number of hydrogen-bond acceptors (Lipinski definition) is 4. The first kappa shape index (κ1) is 16.9. The Balaban J connectivity index is 1.68. The lowest BCUT2D eigenvalue weighted by atomic mass is 10.1. The molecule has 140 valence electrons. The molecule has 0 saturated heterocycles. The minimum absolute atomic E-state index is 0.0230. The summed E-state index contributed by atoms with van der Waals surface area (Å²) in [5.41, 5.74) is 3.86. The molecular weight excluding hydrogens is 350 g/mol. The second kappa shape index (κ2) is 6.41. The maximum absolute atomic E-state index is 12.8. The minimum Gasteiger partial charge on any atom is -0.301 e. The second-order valence-corrected chi connectivity index (χ2v) is 7.50. The van der Waals surface area contributed by atoms with Crippen molar-refractivity contribution in [3.05, 3.63) is 81.9 Å². The van der Waals surface area contributed by atoms with Crippen molar-refractivity contribution >= 4 is 10.9 Å². The molecule has 1 fully saturated rings. The van der Waals surface area contributed by atoms with Crippen LogP contribution in [-0.2, 0) is 6.54 Å². The van der Waals surface area contributed by atoms with Crippen molar-refractivity contribution in [3.8, 4) is 5.69 Å². The smallest absolute Gasteiger partial charge is 0.251 e. The summed E-state index contributed by atoms with van der Waals surface area (Å²) in [6.45, 7) is 4.36. The molecule has 6 nitrogen and oxygen atoms in total. The predicted octanol–water partition coefficient (Wildman–Crippen LogP) is 3.52. The Bertz CT molecular complexity index is 1250. The number of aryl methyl sites for hydroxylation is 2. The molecule has 1 saturated carbocycles. The number of pyridine rings is 2. The van der Waals surface area contributed by atoms with Crippen LogP contribution in [0.15, 0.2) is 53.6 Å². The van der Waals surface area contributed by atoms with E-state index in [1.807, 2.05) is 55.1 Å². The molecule has 1 aliphatic carbocycles. The van der Waals surface area contributed by atoms with Crippen LogP contribution in [0.3, 0.4) is 0 Å². The van der Waals surface area contributed by atoms with Gasteiger partial charge in [-0.15, -0.1) is 0 Å². The maximum Gasteiger partial charge on any atom is 0.251 e. The molecule has 6 heteroatoms. The Morgan fingerprint density at radius 3 is 2.71 bits per heavy atom. The van der Waals surface area contributed by atoms with Gasteiger partial charge in [0.05, 0.1) is 17.7 Å². The Morgan fingerprint density at radius 2 is 1.93 bits per heavy atom. The van der Waals surface area contributed by atoms with Gasteiger partial charge < -0.3 is 4.57 Å². The lowest BCUT2D eigenvalue weighted by Gasteiger charge is -2.13. The molecule has 1 aromatic carbocycles. The molecular formula is C22H21N5O. The lowest BCUT2D eigenvalue weighted by Crippen LogP contribution is -2.23. The van der Waals surface area contributed by atoms with E-state index in [4.69, 9.17) is 10.1 Å². The highest BCUT2D eigenvalue weighted by atomic mass is 16.1. The van der Waals surface area contributed by atoms with Crippen LogP contribution in [0.5, 0.6) is 0 Å². The Labute approximate surface area is 162 Å². The van der Waals surface area contributed by atoms with Crippen LogP contribution in [0.1, 0.15) is 41.5 Å². The number of aromatic nitrogens is 5. The van der Waals surface area contributed by atoms with Gasteiger partial charge in [0, 0.05) is 29.8 Å². The van der Waals surface area contributed by atoms with E-state index in [9.17, 15) is 4.79 Å². The van der Waals surface area contributed by atoms with E-state index in [1.54, 1.807) is 16.8 Å². The van der Waals surface area contributed by atoms with Crippen molar-refractivity contribution in [1.29, 1.82) is 0 Å². The van der Waals surface area contributed by atoms with E-state index >= 15 is 0 Å². The Morgan fingerprint density at radius 1 is 1.11 bits per heavy atom. The fourth-order valence-corrected chi connectivity index (χ4v) is 3.68. The van der Waals surface area contributed by atoms with E-state index in [-0.39, 0.29) is 5.56 Å². The molecule has 5 rings (SSSR count).